The van der Waals surface area contributed by atoms with E-state index in [9.17, 15) is 4.79 Å². The van der Waals surface area contributed by atoms with Gasteiger partial charge in [0.15, 0.2) is 5.82 Å². The molecule has 1 aliphatic heterocycles. The summed E-state index contributed by atoms with van der Waals surface area (Å²) in [5, 5.41) is 12.9. The fourth-order valence-corrected chi connectivity index (χ4v) is 2.69. The Balaban J connectivity index is 1.61. The lowest BCUT2D eigenvalue weighted by Crippen LogP contribution is -2.50. The summed E-state index contributed by atoms with van der Waals surface area (Å²) in [6.45, 7) is 10.7. The molecule has 2 aromatic heterocycles. The number of rotatable bonds is 3. The second kappa shape index (κ2) is 5.76. The first-order valence-electron chi connectivity index (χ1n) is 7.97. The minimum atomic E-state index is -0.0385. The fraction of sp³-hybridized carbons (Fsp3) is 0.529. The van der Waals surface area contributed by atoms with Crippen LogP contribution in [0.15, 0.2) is 29.1 Å². The SMILES string of the molecule is Cc1ccc(=O)n(CC2CN(c3ccc(C(C)(C)C)nn3)C2)n1. The highest BCUT2D eigenvalue weighted by Crippen LogP contribution is 2.25. The monoisotopic (exact) mass is 313 g/mol. The molecule has 0 aromatic carbocycles. The van der Waals surface area contributed by atoms with E-state index in [-0.39, 0.29) is 11.0 Å². The molecule has 122 valence electrons. The number of nitrogens with zero attached hydrogens (tertiary/aromatic N) is 5. The van der Waals surface area contributed by atoms with Crippen molar-refractivity contribution >= 4 is 5.82 Å². The molecule has 0 atom stereocenters. The van der Waals surface area contributed by atoms with Gasteiger partial charge in [-0.1, -0.05) is 20.8 Å². The van der Waals surface area contributed by atoms with E-state index in [2.05, 4.69) is 41.0 Å². The normalized spacial score (nSPS) is 15.6. The van der Waals surface area contributed by atoms with E-state index < -0.39 is 0 Å². The Labute approximate surface area is 136 Å². The van der Waals surface area contributed by atoms with Crippen molar-refractivity contribution < 1.29 is 0 Å². The van der Waals surface area contributed by atoms with E-state index in [1.54, 1.807) is 16.8 Å². The molecular weight excluding hydrogens is 290 g/mol. The van der Waals surface area contributed by atoms with Crippen molar-refractivity contribution in [3.05, 3.63) is 46.0 Å². The fourth-order valence-electron chi connectivity index (χ4n) is 2.69. The van der Waals surface area contributed by atoms with Crippen LogP contribution in [0, 0.1) is 12.8 Å². The van der Waals surface area contributed by atoms with Crippen LogP contribution in [0.4, 0.5) is 5.82 Å². The average molecular weight is 313 g/mol. The van der Waals surface area contributed by atoms with Gasteiger partial charge in [0.1, 0.15) is 0 Å². The molecule has 0 bridgehead atoms. The topological polar surface area (TPSA) is 63.9 Å². The van der Waals surface area contributed by atoms with Gasteiger partial charge in [0.05, 0.1) is 17.9 Å². The summed E-state index contributed by atoms with van der Waals surface area (Å²) in [6, 6.07) is 7.40. The lowest BCUT2D eigenvalue weighted by molar-refractivity contribution is 0.331. The molecule has 0 unspecified atom stereocenters. The summed E-state index contributed by atoms with van der Waals surface area (Å²) in [5.41, 5.74) is 1.84. The molecule has 1 fully saturated rings. The van der Waals surface area contributed by atoms with Crippen molar-refractivity contribution in [3.63, 3.8) is 0 Å². The molecule has 6 nitrogen and oxygen atoms in total. The molecule has 3 heterocycles. The number of hydrogen-bond acceptors (Lipinski definition) is 5. The molecule has 2 aromatic rings. The van der Waals surface area contributed by atoms with Crippen molar-refractivity contribution in [2.75, 3.05) is 18.0 Å². The zero-order valence-corrected chi connectivity index (χ0v) is 14.2. The van der Waals surface area contributed by atoms with Crippen LogP contribution in [0.5, 0.6) is 0 Å². The van der Waals surface area contributed by atoms with Crippen LogP contribution in [-0.2, 0) is 12.0 Å². The highest BCUT2D eigenvalue weighted by atomic mass is 16.1. The molecule has 1 saturated heterocycles. The van der Waals surface area contributed by atoms with Crippen molar-refractivity contribution in [2.24, 2.45) is 5.92 Å². The van der Waals surface area contributed by atoms with Crippen LogP contribution in [0.25, 0.3) is 0 Å². The molecule has 0 radical (unpaired) electrons. The first kappa shape index (κ1) is 15.6. The maximum absolute atomic E-state index is 11.8. The molecule has 23 heavy (non-hydrogen) atoms. The van der Waals surface area contributed by atoms with Crippen molar-refractivity contribution in [2.45, 2.75) is 39.7 Å². The zero-order chi connectivity index (χ0) is 16.6. The Morgan fingerprint density at radius 2 is 1.87 bits per heavy atom. The Kier molecular flexibility index (Phi) is 3.92. The quantitative estimate of drug-likeness (QED) is 0.864. The molecule has 0 spiro atoms. The van der Waals surface area contributed by atoms with Crippen LogP contribution in [0.1, 0.15) is 32.2 Å². The van der Waals surface area contributed by atoms with Gasteiger partial charge in [0.25, 0.3) is 5.56 Å². The second-order valence-corrected chi connectivity index (χ2v) is 7.29. The summed E-state index contributed by atoms with van der Waals surface area (Å²) in [7, 11) is 0. The maximum Gasteiger partial charge on any atom is 0.266 e. The third-order valence-electron chi connectivity index (χ3n) is 4.13. The maximum atomic E-state index is 11.8. The van der Waals surface area contributed by atoms with E-state index in [4.69, 9.17) is 0 Å². The Morgan fingerprint density at radius 3 is 2.48 bits per heavy atom. The standard InChI is InChI=1S/C17H23N5O/c1-12-5-8-16(23)22(20-12)11-13-9-21(10-13)15-7-6-14(18-19-15)17(2,3)4/h5-8,13H,9-11H2,1-4H3. The Hall–Kier alpha value is -2.24. The summed E-state index contributed by atoms with van der Waals surface area (Å²) in [6.07, 6.45) is 0. The second-order valence-electron chi connectivity index (χ2n) is 7.29. The van der Waals surface area contributed by atoms with Crippen LogP contribution in [0.2, 0.25) is 0 Å². The van der Waals surface area contributed by atoms with Crippen LogP contribution in [-0.4, -0.2) is 33.1 Å². The third kappa shape index (κ3) is 3.41. The largest absolute Gasteiger partial charge is 0.354 e. The molecular formula is C17H23N5O. The van der Waals surface area contributed by atoms with Gasteiger partial charge in [-0.25, -0.2) is 4.68 Å². The van der Waals surface area contributed by atoms with E-state index in [0.29, 0.717) is 12.5 Å². The molecule has 1 aliphatic rings. The molecule has 0 amide bonds. The van der Waals surface area contributed by atoms with Gasteiger partial charge in [0.2, 0.25) is 0 Å². The van der Waals surface area contributed by atoms with E-state index in [0.717, 1.165) is 30.3 Å². The number of anilines is 1. The lowest BCUT2D eigenvalue weighted by Gasteiger charge is -2.39. The van der Waals surface area contributed by atoms with Crippen molar-refractivity contribution in [1.29, 1.82) is 0 Å². The molecule has 0 N–H and O–H groups in total. The highest BCUT2D eigenvalue weighted by molar-refractivity contribution is 5.41. The average Bonchev–Trinajstić information content (AvgIpc) is 2.45. The van der Waals surface area contributed by atoms with Gasteiger partial charge < -0.3 is 4.90 Å². The van der Waals surface area contributed by atoms with Crippen LogP contribution < -0.4 is 10.5 Å². The van der Waals surface area contributed by atoms with Gasteiger partial charge in [0, 0.05) is 30.5 Å². The summed E-state index contributed by atoms with van der Waals surface area (Å²) >= 11 is 0. The van der Waals surface area contributed by atoms with Gasteiger partial charge in [-0.15, -0.1) is 5.10 Å². The predicted octanol–water partition coefficient (Wildman–Crippen LogP) is 1.78. The number of aromatic nitrogens is 4. The van der Waals surface area contributed by atoms with Gasteiger partial charge in [-0.2, -0.15) is 10.2 Å². The lowest BCUT2D eigenvalue weighted by atomic mass is 9.92. The Morgan fingerprint density at radius 1 is 1.13 bits per heavy atom. The van der Waals surface area contributed by atoms with Crippen molar-refractivity contribution in [3.8, 4) is 0 Å². The summed E-state index contributed by atoms with van der Waals surface area (Å²) in [4.78, 5) is 14.0. The predicted molar refractivity (Wildman–Crippen MR) is 89.7 cm³/mol. The van der Waals surface area contributed by atoms with E-state index in [1.807, 2.05) is 19.1 Å². The summed E-state index contributed by atoms with van der Waals surface area (Å²) < 4.78 is 1.56. The molecule has 0 saturated carbocycles. The minimum absolute atomic E-state index is 0.0149. The third-order valence-corrected chi connectivity index (χ3v) is 4.13. The van der Waals surface area contributed by atoms with Crippen molar-refractivity contribution in [1.82, 2.24) is 20.0 Å². The zero-order valence-electron chi connectivity index (χ0n) is 14.2. The van der Waals surface area contributed by atoms with Gasteiger partial charge >= 0.3 is 0 Å². The van der Waals surface area contributed by atoms with E-state index in [1.165, 1.54) is 0 Å². The van der Waals surface area contributed by atoms with E-state index >= 15 is 0 Å². The summed E-state index contributed by atoms with van der Waals surface area (Å²) in [5.74, 6) is 1.32. The van der Waals surface area contributed by atoms with Gasteiger partial charge in [-0.05, 0) is 25.1 Å². The molecule has 6 heteroatoms. The minimum Gasteiger partial charge on any atom is -0.354 e. The highest BCUT2D eigenvalue weighted by Gasteiger charge is 2.29. The van der Waals surface area contributed by atoms with Crippen LogP contribution >= 0.6 is 0 Å². The number of aryl methyl sites for hydroxylation is 1. The smallest absolute Gasteiger partial charge is 0.266 e. The van der Waals surface area contributed by atoms with Crippen LogP contribution in [0.3, 0.4) is 0 Å². The van der Waals surface area contributed by atoms with Gasteiger partial charge in [-0.3, -0.25) is 4.79 Å². The molecule has 3 rings (SSSR count). The number of hydrogen-bond donors (Lipinski definition) is 0. The molecule has 0 aliphatic carbocycles. The first-order valence-corrected chi connectivity index (χ1v) is 7.97. The first-order chi connectivity index (χ1) is 10.8. The Bertz CT molecular complexity index is 739.